The number of rotatable bonds is 3. The number of ether oxygens (including phenoxy) is 1. The topological polar surface area (TPSA) is 104 Å². The summed E-state index contributed by atoms with van der Waals surface area (Å²) in [6, 6.07) is 2.79. The third kappa shape index (κ3) is 2.34. The highest BCUT2D eigenvalue weighted by atomic mass is 32.2. The molecule has 2 aromatic heterocycles. The Morgan fingerprint density at radius 1 is 1.44 bits per heavy atom. The number of carbonyl (C=O) groups excluding carboxylic acids is 1. The molecule has 0 unspecified atom stereocenters. The fraction of sp³-hybridized carbons (Fsp3) is 0.200. The zero-order chi connectivity index (χ0) is 13.3. The highest BCUT2D eigenvalue weighted by Crippen LogP contribution is 2.11. The van der Waals surface area contributed by atoms with Crippen molar-refractivity contribution in [1.82, 2.24) is 9.38 Å². The van der Waals surface area contributed by atoms with Crippen molar-refractivity contribution in [1.29, 1.82) is 0 Å². The van der Waals surface area contributed by atoms with Gasteiger partial charge in [0.1, 0.15) is 5.65 Å². The van der Waals surface area contributed by atoms with Crippen LogP contribution in [0.25, 0.3) is 5.65 Å². The molecule has 0 aliphatic rings. The van der Waals surface area contributed by atoms with Crippen LogP contribution in [0.5, 0.6) is 0 Å². The maximum Gasteiger partial charge on any atom is 0.358 e. The minimum absolute atomic E-state index is 0.0530. The Labute approximate surface area is 103 Å². The summed E-state index contributed by atoms with van der Waals surface area (Å²) >= 11 is 0. The molecule has 0 aromatic carbocycles. The number of esters is 1. The van der Waals surface area contributed by atoms with Gasteiger partial charge in [-0.3, -0.25) is 0 Å². The second-order valence-corrected chi connectivity index (χ2v) is 5.08. The predicted octanol–water partition coefficient (Wildman–Crippen LogP) is 0.158. The number of hydrogen-bond donors (Lipinski definition) is 1. The van der Waals surface area contributed by atoms with Crippen molar-refractivity contribution in [2.75, 3.05) is 6.61 Å². The smallest absolute Gasteiger partial charge is 0.358 e. The van der Waals surface area contributed by atoms with E-state index < -0.39 is 16.0 Å². The molecule has 0 amide bonds. The molecule has 0 bridgehead atoms. The fourth-order valence-corrected chi connectivity index (χ4v) is 1.96. The van der Waals surface area contributed by atoms with Crippen LogP contribution in [0.2, 0.25) is 0 Å². The second kappa shape index (κ2) is 4.39. The first kappa shape index (κ1) is 12.5. The van der Waals surface area contributed by atoms with Crippen LogP contribution in [0.3, 0.4) is 0 Å². The average molecular weight is 269 g/mol. The van der Waals surface area contributed by atoms with Crippen LogP contribution in [0.15, 0.2) is 29.4 Å². The number of nitrogens with zero attached hydrogens (tertiary/aromatic N) is 2. The Morgan fingerprint density at radius 3 is 2.78 bits per heavy atom. The fourth-order valence-electron chi connectivity index (χ4n) is 1.44. The van der Waals surface area contributed by atoms with Gasteiger partial charge < -0.3 is 9.14 Å². The Balaban J connectivity index is 2.49. The Bertz CT molecular complexity index is 705. The molecule has 0 saturated carbocycles. The Morgan fingerprint density at radius 2 is 2.17 bits per heavy atom. The van der Waals surface area contributed by atoms with Gasteiger partial charge in [-0.2, -0.15) is 0 Å². The van der Waals surface area contributed by atoms with E-state index >= 15 is 0 Å². The van der Waals surface area contributed by atoms with E-state index in [9.17, 15) is 13.2 Å². The van der Waals surface area contributed by atoms with Crippen LogP contribution < -0.4 is 5.14 Å². The van der Waals surface area contributed by atoms with E-state index in [0.29, 0.717) is 5.65 Å². The quantitative estimate of drug-likeness (QED) is 0.799. The highest BCUT2D eigenvalue weighted by Gasteiger charge is 2.14. The second-order valence-electron chi connectivity index (χ2n) is 3.52. The van der Waals surface area contributed by atoms with Gasteiger partial charge >= 0.3 is 5.97 Å². The number of aromatic nitrogens is 2. The lowest BCUT2D eigenvalue weighted by atomic mass is 10.5. The normalized spacial score (nSPS) is 11.7. The standard InChI is InChI=1S/C10H11N3O4S/c1-2-17-10(14)8-6-13-5-7(18(11,15)16)3-4-9(13)12-8/h3-6H,2H2,1H3,(H2,11,15,16). The molecule has 0 aliphatic heterocycles. The molecular formula is C10H11N3O4S. The molecule has 2 N–H and O–H groups in total. The molecule has 0 saturated heterocycles. The van der Waals surface area contributed by atoms with Crippen molar-refractivity contribution >= 4 is 21.6 Å². The summed E-state index contributed by atoms with van der Waals surface area (Å²) in [5, 5.41) is 5.01. The van der Waals surface area contributed by atoms with Gasteiger partial charge in [0.25, 0.3) is 0 Å². The van der Waals surface area contributed by atoms with Crippen LogP contribution in [0.4, 0.5) is 0 Å². The first-order valence-corrected chi connectivity index (χ1v) is 6.65. The van der Waals surface area contributed by atoms with Crippen LogP contribution in [0.1, 0.15) is 17.4 Å². The number of carbonyl (C=O) groups is 1. The molecule has 2 rings (SSSR count). The summed E-state index contributed by atoms with van der Waals surface area (Å²) in [5.74, 6) is -0.557. The molecule has 96 valence electrons. The monoisotopic (exact) mass is 269 g/mol. The first-order valence-electron chi connectivity index (χ1n) is 5.10. The summed E-state index contributed by atoms with van der Waals surface area (Å²) in [5.41, 5.74) is 0.550. The number of imidazole rings is 1. The predicted molar refractivity (Wildman–Crippen MR) is 62.5 cm³/mol. The number of sulfonamides is 1. The van der Waals surface area contributed by atoms with E-state index in [0.717, 1.165) is 0 Å². The van der Waals surface area contributed by atoms with Gasteiger partial charge in [-0.05, 0) is 19.1 Å². The van der Waals surface area contributed by atoms with E-state index in [1.807, 2.05) is 0 Å². The zero-order valence-electron chi connectivity index (χ0n) is 9.53. The molecule has 2 heterocycles. The van der Waals surface area contributed by atoms with E-state index in [1.165, 1.54) is 28.9 Å². The molecule has 0 atom stereocenters. The van der Waals surface area contributed by atoms with E-state index in [4.69, 9.17) is 9.88 Å². The van der Waals surface area contributed by atoms with Crippen molar-refractivity contribution in [3.63, 3.8) is 0 Å². The lowest BCUT2D eigenvalue weighted by Crippen LogP contribution is -2.12. The molecule has 18 heavy (non-hydrogen) atoms. The van der Waals surface area contributed by atoms with Crippen LogP contribution >= 0.6 is 0 Å². The Hall–Kier alpha value is -1.93. The van der Waals surface area contributed by atoms with E-state index in [-0.39, 0.29) is 17.2 Å². The van der Waals surface area contributed by atoms with Crippen LogP contribution in [-0.2, 0) is 14.8 Å². The number of pyridine rings is 1. The SMILES string of the molecule is CCOC(=O)c1cn2cc(S(N)(=O)=O)ccc2n1. The lowest BCUT2D eigenvalue weighted by Gasteiger charge is -1.98. The van der Waals surface area contributed by atoms with Crippen molar-refractivity contribution < 1.29 is 17.9 Å². The molecule has 0 aliphatic carbocycles. The number of nitrogens with two attached hydrogens (primary N) is 1. The molecular weight excluding hydrogens is 258 g/mol. The number of fused-ring (bicyclic) bond motifs is 1. The Kier molecular flexibility index (Phi) is 3.05. The van der Waals surface area contributed by atoms with Gasteiger partial charge in [0, 0.05) is 12.4 Å². The lowest BCUT2D eigenvalue weighted by molar-refractivity contribution is 0.0520. The van der Waals surface area contributed by atoms with Gasteiger partial charge in [-0.1, -0.05) is 0 Å². The largest absolute Gasteiger partial charge is 0.461 e. The summed E-state index contributed by atoms with van der Waals surface area (Å²) in [7, 11) is -3.78. The van der Waals surface area contributed by atoms with Crippen molar-refractivity contribution in [2.45, 2.75) is 11.8 Å². The van der Waals surface area contributed by atoms with Crippen molar-refractivity contribution in [3.8, 4) is 0 Å². The molecule has 8 heteroatoms. The minimum Gasteiger partial charge on any atom is -0.461 e. The zero-order valence-corrected chi connectivity index (χ0v) is 10.3. The number of hydrogen-bond acceptors (Lipinski definition) is 5. The van der Waals surface area contributed by atoms with Gasteiger partial charge in [0.05, 0.1) is 11.5 Å². The summed E-state index contributed by atoms with van der Waals surface area (Å²) < 4.78 is 28.6. The average Bonchev–Trinajstić information content (AvgIpc) is 2.70. The van der Waals surface area contributed by atoms with E-state index in [2.05, 4.69) is 4.98 Å². The molecule has 7 nitrogen and oxygen atoms in total. The van der Waals surface area contributed by atoms with Crippen molar-refractivity contribution in [2.24, 2.45) is 5.14 Å². The summed E-state index contributed by atoms with van der Waals surface area (Å²) in [6.45, 7) is 1.93. The first-order chi connectivity index (χ1) is 8.41. The molecule has 0 spiro atoms. The molecule has 2 aromatic rings. The highest BCUT2D eigenvalue weighted by molar-refractivity contribution is 7.89. The van der Waals surface area contributed by atoms with Crippen LogP contribution in [0, 0.1) is 0 Å². The van der Waals surface area contributed by atoms with Crippen molar-refractivity contribution in [3.05, 3.63) is 30.2 Å². The molecule has 0 fully saturated rings. The van der Waals surface area contributed by atoms with Gasteiger partial charge in [-0.25, -0.2) is 23.3 Å². The minimum atomic E-state index is -3.78. The summed E-state index contributed by atoms with van der Waals surface area (Å²) in [6.07, 6.45) is 2.68. The number of primary sulfonamides is 1. The van der Waals surface area contributed by atoms with Gasteiger partial charge in [0.15, 0.2) is 5.69 Å². The third-order valence-corrected chi connectivity index (χ3v) is 3.14. The van der Waals surface area contributed by atoms with Crippen LogP contribution in [-0.4, -0.2) is 30.4 Å². The maximum atomic E-state index is 11.5. The molecule has 0 radical (unpaired) electrons. The van der Waals surface area contributed by atoms with E-state index in [1.54, 1.807) is 6.92 Å². The third-order valence-electron chi connectivity index (χ3n) is 2.24. The van der Waals surface area contributed by atoms with Gasteiger partial charge in [0.2, 0.25) is 10.0 Å². The van der Waals surface area contributed by atoms with Gasteiger partial charge in [-0.15, -0.1) is 0 Å². The summed E-state index contributed by atoms with van der Waals surface area (Å²) in [4.78, 5) is 15.4. The maximum absolute atomic E-state index is 11.5.